The van der Waals surface area contributed by atoms with E-state index in [2.05, 4.69) is 29.1 Å². The zero-order chi connectivity index (χ0) is 13.4. The van der Waals surface area contributed by atoms with Gasteiger partial charge in [0.15, 0.2) is 0 Å². The number of nitrogens with two attached hydrogens (primary N) is 1. The van der Waals surface area contributed by atoms with Gasteiger partial charge >= 0.3 is 0 Å². The standard InChI is InChI=1S/C14H18N4O/c1-9-12(10-3-5-11(19-2)6-4-10)7-8-13-16-14(15)17-18(9)13/h3-6,9,12H,7-8H2,1-2H3,(H2,15,17). The van der Waals surface area contributed by atoms with Crippen LogP contribution in [-0.4, -0.2) is 21.9 Å². The molecule has 0 bridgehead atoms. The fraction of sp³-hybridized carbons (Fsp3) is 0.429. The molecule has 2 atom stereocenters. The van der Waals surface area contributed by atoms with Crippen molar-refractivity contribution >= 4 is 5.95 Å². The molecule has 5 nitrogen and oxygen atoms in total. The molecule has 1 aliphatic rings. The fourth-order valence-corrected chi connectivity index (χ4v) is 2.86. The van der Waals surface area contributed by atoms with Crippen LogP contribution in [0.2, 0.25) is 0 Å². The highest BCUT2D eigenvalue weighted by Crippen LogP contribution is 2.37. The Kier molecular flexibility index (Phi) is 2.89. The molecule has 2 unspecified atom stereocenters. The third-order valence-electron chi connectivity index (χ3n) is 3.91. The molecule has 1 aromatic carbocycles. The van der Waals surface area contributed by atoms with Crippen LogP contribution < -0.4 is 10.5 Å². The maximum atomic E-state index is 5.68. The molecule has 2 aromatic rings. The van der Waals surface area contributed by atoms with Crippen molar-refractivity contribution in [2.24, 2.45) is 0 Å². The van der Waals surface area contributed by atoms with Gasteiger partial charge < -0.3 is 10.5 Å². The minimum absolute atomic E-state index is 0.280. The molecule has 19 heavy (non-hydrogen) atoms. The number of fused-ring (bicyclic) bond motifs is 1. The summed E-state index contributed by atoms with van der Waals surface area (Å²) < 4.78 is 7.16. The van der Waals surface area contributed by atoms with E-state index in [1.54, 1.807) is 7.11 Å². The Labute approximate surface area is 112 Å². The van der Waals surface area contributed by atoms with Gasteiger partial charge in [0.2, 0.25) is 5.95 Å². The van der Waals surface area contributed by atoms with Crippen molar-refractivity contribution in [1.82, 2.24) is 14.8 Å². The van der Waals surface area contributed by atoms with Crippen molar-refractivity contribution in [2.75, 3.05) is 12.8 Å². The molecule has 1 aliphatic heterocycles. The lowest BCUT2D eigenvalue weighted by molar-refractivity contribution is 0.338. The van der Waals surface area contributed by atoms with Crippen LogP contribution in [0.15, 0.2) is 24.3 Å². The maximum Gasteiger partial charge on any atom is 0.239 e. The Balaban J connectivity index is 1.90. The number of hydrogen-bond acceptors (Lipinski definition) is 4. The summed E-state index contributed by atoms with van der Waals surface area (Å²) in [5, 5.41) is 4.30. The molecule has 3 rings (SSSR count). The van der Waals surface area contributed by atoms with Gasteiger partial charge in [0, 0.05) is 12.3 Å². The molecule has 0 aliphatic carbocycles. The van der Waals surface area contributed by atoms with E-state index in [4.69, 9.17) is 10.5 Å². The second kappa shape index (κ2) is 4.57. The van der Waals surface area contributed by atoms with Gasteiger partial charge in [-0.05, 0) is 31.0 Å². The van der Waals surface area contributed by atoms with Crippen LogP contribution in [0, 0.1) is 0 Å². The predicted molar refractivity (Wildman–Crippen MR) is 73.2 cm³/mol. The topological polar surface area (TPSA) is 66.0 Å². The van der Waals surface area contributed by atoms with Crippen LogP contribution in [0.25, 0.3) is 0 Å². The highest BCUT2D eigenvalue weighted by atomic mass is 16.5. The molecule has 0 spiro atoms. The normalized spacial score (nSPS) is 22.0. The lowest BCUT2D eigenvalue weighted by Crippen LogP contribution is -2.24. The molecule has 0 amide bonds. The molecule has 0 radical (unpaired) electrons. The van der Waals surface area contributed by atoms with Crippen molar-refractivity contribution in [3.63, 3.8) is 0 Å². The SMILES string of the molecule is COc1ccc(C2CCc3nc(N)nn3C2C)cc1. The van der Waals surface area contributed by atoms with Crippen LogP contribution in [0.1, 0.15) is 36.7 Å². The Hall–Kier alpha value is -2.04. The summed E-state index contributed by atoms with van der Waals surface area (Å²) in [5.41, 5.74) is 7.00. The number of rotatable bonds is 2. The summed E-state index contributed by atoms with van der Waals surface area (Å²) >= 11 is 0. The quantitative estimate of drug-likeness (QED) is 0.896. The van der Waals surface area contributed by atoms with Gasteiger partial charge in [-0.3, -0.25) is 0 Å². The van der Waals surface area contributed by atoms with Gasteiger partial charge in [-0.15, -0.1) is 5.10 Å². The molecular weight excluding hydrogens is 240 g/mol. The monoisotopic (exact) mass is 258 g/mol. The van der Waals surface area contributed by atoms with Gasteiger partial charge in [-0.25, -0.2) is 4.68 Å². The van der Waals surface area contributed by atoms with Crippen molar-refractivity contribution in [3.05, 3.63) is 35.7 Å². The number of aromatic nitrogens is 3. The van der Waals surface area contributed by atoms with E-state index in [1.165, 1.54) is 5.56 Å². The van der Waals surface area contributed by atoms with E-state index in [0.717, 1.165) is 24.4 Å². The number of nitrogens with zero attached hydrogens (tertiary/aromatic N) is 3. The number of ether oxygens (including phenoxy) is 1. The average molecular weight is 258 g/mol. The number of nitrogen functional groups attached to an aromatic ring is 1. The maximum absolute atomic E-state index is 5.68. The summed E-state index contributed by atoms with van der Waals surface area (Å²) in [6.07, 6.45) is 2.00. The Morgan fingerprint density at radius 1 is 1.32 bits per heavy atom. The van der Waals surface area contributed by atoms with Gasteiger partial charge in [0.05, 0.1) is 13.2 Å². The third kappa shape index (κ3) is 2.05. The van der Waals surface area contributed by atoms with E-state index in [9.17, 15) is 0 Å². The van der Waals surface area contributed by atoms with E-state index >= 15 is 0 Å². The van der Waals surface area contributed by atoms with Crippen LogP contribution in [0.3, 0.4) is 0 Å². The third-order valence-corrected chi connectivity index (χ3v) is 3.91. The van der Waals surface area contributed by atoms with Crippen LogP contribution in [-0.2, 0) is 6.42 Å². The minimum Gasteiger partial charge on any atom is -0.497 e. The predicted octanol–water partition coefficient (Wildman–Crippen LogP) is 2.16. The molecule has 0 saturated heterocycles. The lowest BCUT2D eigenvalue weighted by atomic mass is 9.86. The number of methoxy groups -OCH3 is 1. The second-order valence-corrected chi connectivity index (χ2v) is 4.99. The fourth-order valence-electron chi connectivity index (χ4n) is 2.86. The zero-order valence-electron chi connectivity index (χ0n) is 11.2. The van der Waals surface area contributed by atoms with E-state index in [-0.39, 0.29) is 6.04 Å². The molecule has 5 heteroatoms. The van der Waals surface area contributed by atoms with Crippen LogP contribution in [0.4, 0.5) is 5.95 Å². The van der Waals surface area contributed by atoms with Gasteiger partial charge in [0.1, 0.15) is 11.6 Å². The first-order valence-electron chi connectivity index (χ1n) is 6.54. The first-order chi connectivity index (χ1) is 9.19. The van der Waals surface area contributed by atoms with Crippen molar-refractivity contribution in [1.29, 1.82) is 0 Å². The Morgan fingerprint density at radius 2 is 2.05 bits per heavy atom. The molecular formula is C14H18N4O. The first kappa shape index (κ1) is 12.0. The summed E-state index contributed by atoms with van der Waals surface area (Å²) in [4.78, 5) is 4.27. The summed E-state index contributed by atoms with van der Waals surface area (Å²) in [6.45, 7) is 2.17. The van der Waals surface area contributed by atoms with E-state index < -0.39 is 0 Å². The van der Waals surface area contributed by atoms with Crippen molar-refractivity contribution in [2.45, 2.75) is 31.7 Å². The largest absolute Gasteiger partial charge is 0.497 e. The Morgan fingerprint density at radius 3 is 2.74 bits per heavy atom. The summed E-state index contributed by atoms with van der Waals surface area (Å²) in [6, 6.07) is 8.55. The van der Waals surface area contributed by atoms with Crippen LogP contribution in [0.5, 0.6) is 5.75 Å². The first-order valence-corrected chi connectivity index (χ1v) is 6.54. The van der Waals surface area contributed by atoms with E-state index in [1.807, 2.05) is 16.8 Å². The summed E-state index contributed by atoms with van der Waals surface area (Å²) in [7, 11) is 1.68. The smallest absolute Gasteiger partial charge is 0.239 e. The highest BCUT2D eigenvalue weighted by molar-refractivity contribution is 5.31. The molecule has 0 saturated carbocycles. The number of anilines is 1. The summed E-state index contributed by atoms with van der Waals surface area (Å²) in [5.74, 6) is 2.70. The number of aryl methyl sites for hydroxylation is 1. The lowest BCUT2D eigenvalue weighted by Gasteiger charge is -2.29. The second-order valence-electron chi connectivity index (χ2n) is 4.99. The van der Waals surface area contributed by atoms with Gasteiger partial charge in [0.25, 0.3) is 0 Å². The highest BCUT2D eigenvalue weighted by Gasteiger charge is 2.29. The van der Waals surface area contributed by atoms with E-state index in [0.29, 0.717) is 11.9 Å². The zero-order valence-corrected chi connectivity index (χ0v) is 11.2. The molecule has 2 N–H and O–H groups in total. The molecule has 2 heterocycles. The number of benzene rings is 1. The molecule has 1 aromatic heterocycles. The van der Waals surface area contributed by atoms with Crippen molar-refractivity contribution < 1.29 is 4.74 Å². The molecule has 0 fully saturated rings. The van der Waals surface area contributed by atoms with Gasteiger partial charge in [-0.1, -0.05) is 12.1 Å². The molecule has 100 valence electrons. The van der Waals surface area contributed by atoms with Gasteiger partial charge in [-0.2, -0.15) is 4.98 Å². The minimum atomic E-state index is 0.280. The Bertz CT molecular complexity index is 576. The van der Waals surface area contributed by atoms with Crippen LogP contribution >= 0.6 is 0 Å². The number of hydrogen-bond donors (Lipinski definition) is 1. The average Bonchev–Trinajstić information content (AvgIpc) is 2.81. The van der Waals surface area contributed by atoms with Crippen molar-refractivity contribution in [3.8, 4) is 5.75 Å².